The molecule has 2 fully saturated rings. The van der Waals surface area contributed by atoms with E-state index in [-0.39, 0.29) is 0 Å². The smallest absolute Gasteiger partial charge is 0.0926 e. The molecule has 2 aliphatic heterocycles. The first-order valence-corrected chi connectivity index (χ1v) is 7.82. The fourth-order valence-electron chi connectivity index (χ4n) is 3.91. The lowest BCUT2D eigenvalue weighted by Crippen LogP contribution is -2.54. The van der Waals surface area contributed by atoms with Crippen LogP contribution >= 0.6 is 0 Å². The van der Waals surface area contributed by atoms with Gasteiger partial charge in [-0.2, -0.15) is 5.10 Å². The number of aromatic nitrogens is 2. The highest BCUT2D eigenvalue weighted by Gasteiger charge is 2.41. The highest BCUT2D eigenvalue weighted by atomic mass is 16.3. The van der Waals surface area contributed by atoms with Crippen molar-refractivity contribution in [3.8, 4) is 5.69 Å². The van der Waals surface area contributed by atoms with Gasteiger partial charge in [0.15, 0.2) is 0 Å². The third kappa shape index (κ3) is 2.39. The second-order valence-electron chi connectivity index (χ2n) is 6.43. The van der Waals surface area contributed by atoms with Gasteiger partial charge in [-0.25, -0.2) is 4.68 Å². The van der Waals surface area contributed by atoms with Gasteiger partial charge in [0.25, 0.3) is 0 Å². The van der Waals surface area contributed by atoms with Gasteiger partial charge in [-0.3, -0.25) is 0 Å². The van der Waals surface area contributed by atoms with Crippen LogP contribution in [-0.4, -0.2) is 27.0 Å². The van der Waals surface area contributed by atoms with Crippen molar-refractivity contribution < 1.29 is 5.11 Å². The largest absolute Gasteiger partial charge is 0.385 e. The van der Waals surface area contributed by atoms with Gasteiger partial charge in [0.1, 0.15) is 0 Å². The van der Waals surface area contributed by atoms with Crippen LogP contribution in [0.4, 0.5) is 0 Å². The number of piperidine rings is 2. The molecule has 0 amide bonds. The molecule has 2 bridgehead atoms. The predicted octanol–water partition coefficient (Wildman–Crippen LogP) is 2.36. The first-order chi connectivity index (χ1) is 10.2. The Hall–Kier alpha value is -1.65. The van der Waals surface area contributed by atoms with Crippen molar-refractivity contribution in [3.63, 3.8) is 0 Å². The molecule has 2 atom stereocenters. The van der Waals surface area contributed by atoms with Crippen molar-refractivity contribution in [2.45, 2.75) is 49.8 Å². The van der Waals surface area contributed by atoms with Crippen LogP contribution in [0.5, 0.6) is 0 Å². The van der Waals surface area contributed by atoms with Gasteiger partial charge in [-0.15, -0.1) is 0 Å². The molecule has 2 aromatic rings. The Labute approximate surface area is 124 Å². The molecule has 2 N–H and O–H groups in total. The van der Waals surface area contributed by atoms with Crippen LogP contribution in [0.3, 0.4) is 0 Å². The van der Waals surface area contributed by atoms with Crippen LogP contribution in [0.1, 0.15) is 37.7 Å². The van der Waals surface area contributed by atoms with Crippen LogP contribution in [0.2, 0.25) is 0 Å². The van der Waals surface area contributed by atoms with Crippen LogP contribution in [0.25, 0.3) is 5.69 Å². The van der Waals surface area contributed by atoms with Gasteiger partial charge in [0.05, 0.1) is 11.3 Å². The molecule has 4 heteroatoms. The molecular formula is C17H21N3O. The fraction of sp³-hybridized carbons (Fsp3) is 0.471. The summed E-state index contributed by atoms with van der Waals surface area (Å²) >= 11 is 0. The molecule has 21 heavy (non-hydrogen) atoms. The van der Waals surface area contributed by atoms with E-state index in [0.717, 1.165) is 24.1 Å². The molecule has 0 spiro atoms. The van der Waals surface area contributed by atoms with E-state index >= 15 is 0 Å². The van der Waals surface area contributed by atoms with Crippen LogP contribution in [0.15, 0.2) is 42.7 Å². The predicted molar refractivity (Wildman–Crippen MR) is 81.3 cm³/mol. The minimum Gasteiger partial charge on any atom is -0.385 e. The van der Waals surface area contributed by atoms with Crippen molar-refractivity contribution in [2.75, 3.05) is 0 Å². The summed E-state index contributed by atoms with van der Waals surface area (Å²) in [6, 6.07) is 11.0. The third-order valence-electron chi connectivity index (χ3n) is 4.92. The number of hydrogen-bond acceptors (Lipinski definition) is 3. The number of benzene rings is 1. The second-order valence-corrected chi connectivity index (χ2v) is 6.43. The Morgan fingerprint density at radius 1 is 1.14 bits per heavy atom. The third-order valence-corrected chi connectivity index (χ3v) is 4.92. The first kappa shape index (κ1) is 13.0. The number of nitrogens with one attached hydrogen (secondary N) is 1. The van der Waals surface area contributed by atoms with Gasteiger partial charge in [-0.1, -0.05) is 18.6 Å². The van der Waals surface area contributed by atoms with Crippen molar-refractivity contribution >= 4 is 0 Å². The van der Waals surface area contributed by atoms with E-state index in [1.54, 1.807) is 6.20 Å². The van der Waals surface area contributed by atoms with E-state index in [1.807, 2.05) is 29.1 Å². The minimum atomic E-state index is -0.677. The summed E-state index contributed by atoms with van der Waals surface area (Å²) in [5.74, 6) is 0. The maximum atomic E-state index is 11.1. The summed E-state index contributed by atoms with van der Waals surface area (Å²) in [5, 5.41) is 19.0. The van der Waals surface area contributed by atoms with Gasteiger partial charge < -0.3 is 10.4 Å². The molecule has 2 aliphatic rings. The van der Waals surface area contributed by atoms with Crippen molar-refractivity contribution in [1.29, 1.82) is 0 Å². The zero-order valence-corrected chi connectivity index (χ0v) is 12.1. The van der Waals surface area contributed by atoms with Crippen LogP contribution < -0.4 is 5.32 Å². The van der Waals surface area contributed by atoms with Gasteiger partial charge in [0.2, 0.25) is 0 Å². The lowest BCUT2D eigenvalue weighted by atomic mass is 9.74. The first-order valence-electron chi connectivity index (χ1n) is 7.82. The lowest BCUT2D eigenvalue weighted by molar-refractivity contribution is -0.0358. The number of fused-ring (bicyclic) bond motifs is 2. The average molecular weight is 283 g/mol. The van der Waals surface area contributed by atoms with E-state index in [2.05, 4.69) is 22.5 Å². The number of aliphatic hydroxyl groups is 1. The number of rotatable bonds is 2. The van der Waals surface area contributed by atoms with E-state index in [9.17, 15) is 5.11 Å². The van der Waals surface area contributed by atoms with E-state index in [0.29, 0.717) is 12.1 Å². The maximum absolute atomic E-state index is 11.1. The molecule has 0 radical (unpaired) electrons. The summed E-state index contributed by atoms with van der Waals surface area (Å²) in [7, 11) is 0. The van der Waals surface area contributed by atoms with Crippen molar-refractivity contribution in [2.24, 2.45) is 0 Å². The molecule has 110 valence electrons. The molecule has 2 unspecified atom stereocenters. The second kappa shape index (κ2) is 4.97. The Morgan fingerprint density at radius 3 is 2.48 bits per heavy atom. The van der Waals surface area contributed by atoms with E-state index in [4.69, 9.17) is 0 Å². The Morgan fingerprint density at radius 2 is 1.86 bits per heavy atom. The SMILES string of the molecule is OC1(c2ccc(-n3cccn3)cc2)CC2CCCC(C1)N2. The van der Waals surface area contributed by atoms with E-state index in [1.165, 1.54) is 19.3 Å². The minimum absolute atomic E-state index is 0.466. The summed E-state index contributed by atoms with van der Waals surface area (Å²) in [4.78, 5) is 0. The molecule has 2 saturated heterocycles. The summed E-state index contributed by atoms with van der Waals surface area (Å²) in [5.41, 5.74) is 1.39. The highest BCUT2D eigenvalue weighted by molar-refractivity contribution is 5.36. The molecular weight excluding hydrogens is 262 g/mol. The zero-order chi connectivity index (χ0) is 14.3. The maximum Gasteiger partial charge on any atom is 0.0926 e. The number of hydrogen-bond donors (Lipinski definition) is 2. The average Bonchev–Trinajstić information content (AvgIpc) is 3.01. The van der Waals surface area contributed by atoms with Crippen molar-refractivity contribution in [1.82, 2.24) is 15.1 Å². The van der Waals surface area contributed by atoms with Crippen molar-refractivity contribution in [3.05, 3.63) is 48.3 Å². The standard InChI is InChI=1S/C17H21N3O/c21-17(11-14-3-1-4-15(12-17)19-14)13-5-7-16(8-6-13)20-10-2-9-18-20/h2,5-10,14-15,19,21H,1,3-4,11-12H2. The summed E-state index contributed by atoms with van der Waals surface area (Å²) in [6.45, 7) is 0. The topological polar surface area (TPSA) is 50.1 Å². The molecule has 4 rings (SSSR count). The Balaban J connectivity index is 1.60. The van der Waals surface area contributed by atoms with Gasteiger partial charge in [0, 0.05) is 24.5 Å². The molecule has 0 saturated carbocycles. The Kier molecular flexibility index (Phi) is 3.08. The molecule has 4 nitrogen and oxygen atoms in total. The van der Waals surface area contributed by atoms with Crippen LogP contribution in [-0.2, 0) is 5.60 Å². The quantitative estimate of drug-likeness (QED) is 0.889. The molecule has 0 aliphatic carbocycles. The van der Waals surface area contributed by atoms with Crippen LogP contribution in [0, 0.1) is 0 Å². The molecule has 1 aromatic carbocycles. The monoisotopic (exact) mass is 283 g/mol. The summed E-state index contributed by atoms with van der Waals surface area (Å²) in [6.07, 6.45) is 9.01. The van der Waals surface area contributed by atoms with Gasteiger partial charge in [-0.05, 0) is 49.4 Å². The normalized spacial score (nSPS) is 32.0. The number of nitrogens with zero attached hydrogens (tertiary/aromatic N) is 2. The highest BCUT2D eigenvalue weighted by Crippen LogP contribution is 2.39. The fourth-order valence-corrected chi connectivity index (χ4v) is 3.91. The van der Waals surface area contributed by atoms with Gasteiger partial charge >= 0.3 is 0 Å². The molecule has 1 aromatic heterocycles. The summed E-state index contributed by atoms with van der Waals surface area (Å²) < 4.78 is 1.84. The molecule has 3 heterocycles. The lowest BCUT2D eigenvalue weighted by Gasteiger charge is -2.45. The van der Waals surface area contributed by atoms with E-state index < -0.39 is 5.60 Å². The Bertz CT molecular complexity index is 593. The zero-order valence-electron chi connectivity index (χ0n) is 12.1.